The van der Waals surface area contributed by atoms with Gasteiger partial charge in [0.15, 0.2) is 0 Å². The minimum Gasteiger partial charge on any atom is -0.462 e. The molecule has 1 aliphatic rings. The van der Waals surface area contributed by atoms with E-state index in [9.17, 15) is 14.4 Å². The maximum absolute atomic E-state index is 12.0. The average molecular weight is 351 g/mol. The molecule has 0 aromatic heterocycles. The summed E-state index contributed by atoms with van der Waals surface area (Å²) in [5.41, 5.74) is 0.0274. The molecular formula is C17H21NO7. The highest BCUT2D eigenvalue weighted by Gasteiger charge is 2.24. The van der Waals surface area contributed by atoms with Crippen molar-refractivity contribution in [1.82, 2.24) is 4.90 Å². The van der Waals surface area contributed by atoms with Gasteiger partial charge in [-0.2, -0.15) is 0 Å². The van der Waals surface area contributed by atoms with Crippen LogP contribution in [-0.4, -0.2) is 56.3 Å². The van der Waals surface area contributed by atoms with Gasteiger partial charge < -0.3 is 18.9 Å². The lowest BCUT2D eigenvalue weighted by atomic mass is 10.2. The maximum Gasteiger partial charge on any atom is 0.376 e. The zero-order valence-electron chi connectivity index (χ0n) is 14.2. The summed E-state index contributed by atoms with van der Waals surface area (Å²) < 4.78 is 20.9. The number of benzene rings is 1. The molecule has 1 aromatic carbocycles. The Morgan fingerprint density at radius 1 is 1.28 bits per heavy atom. The van der Waals surface area contributed by atoms with Crippen LogP contribution in [0.3, 0.4) is 0 Å². The molecule has 136 valence electrons. The van der Waals surface area contributed by atoms with Gasteiger partial charge in [0.05, 0.1) is 6.61 Å². The predicted octanol–water partition coefficient (Wildman–Crippen LogP) is 1.37. The molecule has 0 radical (unpaired) electrons. The molecule has 1 fully saturated rings. The minimum atomic E-state index is -1.12. The molecule has 0 bridgehead atoms. The highest BCUT2D eigenvalue weighted by Crippen LogP contribution is 2.27. The largest absolute Gasteiger partial charge is 0.462 e. The van der Waals surface area contributed by atoms with Crippen LogP contribution in [0.1, 0.15) is 30.1 Å². The lowest BCUT2D eigenvalue weighted by Crippen LogP contribution is -2.38. The van der Waals surface area contributed by atoms with Crippen molar-refractivity contribution in [3.8, 4) is 11.5 Å². The zero-order valence-corrected chi connectivity index (χ0v) is 14.2. The van der Waals surface area contributed by atoms with Crippen molar-refractivity contribution < 1.29 is 33.3 Å². The highest BCUT2D eigenvalue weighted by atomic mass is 16.7. The number of rotatable bonds is 8. The lowest BCUT2D eigenvalue weighted by molar-refractivity contribution is -0.150. The summed E-state index contributed by atoms with van der Waals surface area (Å²) >= 11 is 0. The monoisotopic (exact) mass is 351 g/mol. The van der Waals surface area contributed by atoms with Crippen LogP contribution < -0.4 is 9.47 Å². The van der Waals surface area contributed by atoms with Gasteiger partial charge in [0, 0.05) is 26.3 Å². The molecule has 0 aliphatic carbocycles. The van der Waals surface area contributed by atoms with Crippen LogP contribution in [-0.2, 0) is 19.1 Å². The molecule has 1 atom stereocenters. The van der Waals surface area contributed by atoms with E-state index >= 15 is 0 Å². The third kappa shape index (κ3) is 5.01. The van der Waals surface area contributed by atoms with Crippen molar-refractivity contribution in [2.45, 2.75) is 26.2 Å². The molecule has 1 unspecified atom stereocenters. The van der Waals surface area contributed by atoms with E-state index in [4.69, 9.17) is 18.9 Å². The molecule has 8 heteroatoms. The number of methoxy groups -OCH3 is 1. The molecule has 1 aliphatic heterocycles. The van der Waals surface area contributed by atoms with Crippen LogP contribution in [0.15, 0.2) is 18.2 Å². The molecule has 1 aromatic rings. The topological polar surface area (TPSA) is 91.4 Å². The Morgan fingerprint density at radius 3 is 2.60 bits per heavy atom. The summed E-state index contributed by atoms with van der Waals surface area (Å²) in [6, 6.07) is 4.32. The van der Waals surface area contributed by atoms with Crippen LogP contribution >= 0.6 is 0 Å². The van der Waals surface area contributed by atoms with E-state index in [1.807, 2.05) is 4.90 Å². The summed E-state index contributed by atoms with van der Waals surface area (Å²) in [7, 11) is 1.53. The summed E-state index contributed by atoms with van der Waals surface area (Å²) in [6.07, 6.45) is 1.55. The third-order valence-electron chi connectivity index (χ3n) is 3.63. The van der Waals surface area contributed by atoms with Crippen molar-refractivity contribution in [2.24, 2.45) is 0 Å². The maximum atomic E-state index is 12.0. The number of nitrogens with zero attached hydrogens (tertiary/aromatic N) is 1. The second kappa shape index (κ2) is 9.14. The SMILES string of the molecule is CCOC(=O)c1ccc(OC(OC)N2CCCC2)cc1OC(=O)C=O. The van der Waals surface area contributed by atoms with E-state index in [0.717, 1.165) is 25.9 Å². The number of hydrogen-bond acceptors (Lipinski definition) is 8. The molecular weight excluding hydrogens is 330 g/mol. The van der Waals surface area contributed by atoms with Crippen molar-refractivity contribution in [3.05, 3.63) is 23.8 Å². The van der Waals surface area contributed by atoms with Crippen LogP contribution in [0.25, 0.3) is 0 Å². The Labute approximate surface area is 145 Å². The van der Waals surface area contributed by atoms with Crippen LogP contribution in [0.2, 0.25) is 0 Å². The zero-order chi connectivity index (χ0) is 18.2. The van der Waals surface area contributed by atoms with Crippen LogP contribution in [0, 0.1) is 0 Å². The van der Waals surface area contributed by atoms with E-state index < -0.39 is 18.4 Å². The second-order valence-electron chi connectivity index (χ2n) is 5.32. The van der Waals surface area contributed by atoms with Gasteiger partial charge in [0.25, 0.3) is 6.41 Å². The molecule has 8 nitrogen and oxygen atoms in total. The minimum absolute atomic E-state index is 0.0185. The Balaban J connectivity index is 2.23. The number of carbonyl (C=O) groups excluding carboxylic acids is 3. The van der Waals surface area contributed by atoms with Gasteiger partial charge in [0.2, 0.25) is 6.29 Å². The van der Waals surface area contributed by atoms with Gasteiger partial charge in [-0.1, -0.05) is 0 Å². The van der Waals surface area contributed by atoms with Gasteiger partial charge in [-0.05, 0) is 31.9 Å². The summed E-state index contributed by atoms with van der Waals surface area (Å²) in [5, 5.41) is 0. The molecule has 25 heavy (non-hydrogen) atoms. The van der Waals surface area contributed by atoms with Gasteiger partial charge >= 0.3 is 11.9 Å². The normalized spacial score (nSPS) is 15.4. The molecule has 1 heterocycles. The average Bonchev–Trinajstić information content (AvgIpc) is 3.14. The Morgan fingerprint density at radius 2 is 2.00 bits per heavy atom. The highest BCUT2D eigenvalue weighted by molar-refractivity contribution is 6.21. The first-order valence-electron chi connectivity index (χ1n) is 8.00. The number of hydrogen-bond donors (Lipinski definition) is 0. The van der Waals surface area contributed by atoms with Crippen molar-refractivity contribution in [1.29, 1.82) is 0 Å². The fraction of sp³-hybridized carbons (Fsp3) is 0.471. The molecule has 0 N–H and O–H groups in total. The van der Waals surface area contributed by atoms with Gasteiger partial charge in [-0.3, -0.25) is 4.79 Å². The first-order chi connectivity index (χ1) is 12.1. The van der Waals surface area contributed by atoms with E-state index in [-0.39, 0.29) is 24.2 Å². The Bertz CT molecular complexity index is 625. The van der Waals surface area contributed by atoms with Crippen molar-refractivity contribution in [3.63, 3.8) is 0 Å². The molecule has 1 saturated heterocycles. The van der Waals surface area contributed by atoms with Crippen molar-refractivity contribution >= 4 is 18.2 Å². The number of likely N-dealkylation sites (tertiary alicyclic amines) is 1. The number of esters is 2. The fourth-order valence-corrected chi connectivity index (χ4v) is 2.51. The van der Waals surface area contributed by atoms with Crippen LogP contribution in [0.5, 0.6) is 11.5 Å². The third-order valence-corrected chi connectivity index (χ3v) is 3.63. The quantitative estimate of drug-likeness (QED) is 0.228. The van der Waals surface area contributed by atoms with E-state index in [1.165, 1.54) is 19.2 Å². The molecule has 0 spiro atoms. The van der Waals surface area contributed by atoms with Gasteiger partial charge in [-0.25, -0.2) is 14.5 Å². The summed E-state index contributed by atoms with van der Waals surface area (Å²) in [4.78, 5) is 35.8. The molecule has 2 rings (SSSR count). The molecule has 0 amide bonds. The molecule has 0 saturated carbocycles. The summed E-state index contributed by atoms with van der Waals surface area (Å²) in [6.45, 7) is 3.53. The van der Waals surface area contributed by atoms with E-state index in [0.29, 0.717) is 5.75 Å². The van der Waals surface area contributed by atoms with Gasteiger partial charge in [0.1, 0.15) is 17.1 Å². The standard InChI is InChI=1S/C17H21NO7/c1-3-23-16(21)13-7-6-12(10-14(13)25-15(20)11-19)24-17(22-2)18-8-4-5-9-18/h6-7,10-11,17H,3-5,8-9H2,1-2H3. The fourth-order valence-electron chi connectivity index (χ4n) is 2.51. The lowest BCUT2D eigenvalue weighted by Gasteiger charge is -2.26. The van der Waals surface area contributed by atoms with Gasteiger partial charge in [-0.15, -0.1) is 0 Å². The first kappa shape index (κ1) is 18.9. The van der Waals surface area contributed by atoms with E-state index in [1.54, 1.807) is 13.0 Å². The van der Waals surface area contributed by atoms with Crippen molar-refractivity contribution in [2.75, 3.05) is 26.8 Å². The summed E-state index contributed by atoms with van der Waals surface area (Å²) in [5.74, 6) is -1.55. The Kier molecular flexibility index (Phi) is 6.91. The number of carbonyl (C=O) groups is 3. The number of aldehydes is 1. The number of ether oxygens (including phenoxy) is 4. The smallest absolute Gasteiger partial charge is 0.376 e. The Hall–Kier alpha value is -2.45. The van der Waals surface area contributed by atoms with E-state index in [2.05, 4.69) is 0 Å². The second-order valence-corrected chi connectivity index (χ2v) is 5.32. The first-order valence-corrected chi connectivity index (χ1v) is 8.00. The predicted molar refractivity (Wildman–Crippen MR) is 86.3 cm³/mol. The van der Waals surface area contributed by atoms with Crippen LogP contribution in [0.4, 0.5) is 0 Å².